The van der Waals surface area contributed by atoms with E-state index in [2.05, 4.69) is 27.3 Å². The molecular weight excluding hydrogens is 451 g/mol. The molecular formula is C24H24F3N3O2S. The maximum Gasteiger partial charge on any atom is 0.416 e. The molecule has 0 radical (unpaired) electrons. The van der Waals surface area contributed by atoms with Gasteiger partial charge in [-0.05, 0) is 23.3 Å². The van der Waals surface area contributed by atoms with Crippen LogP contribution in [0.5, 0.6) is 0 Å². The Kier molecular flexibility index (Phi) is 7.42. The molecule has 2 heterocycles. The molecule has 1 N–H and O–H groups in total. The van der Waals surface area contributed by atoms with Crippen molar-refractivity contribution in [2.24, 2.45) is 0 Å². The van der Waals surface area contributed by atoms with Crippen molar-refractivity contribution in [2.45, 2.75) is 25.7 Å². The Bertz CT molecular complexity index is 1060. The first-order valence-electron chi connectivity index (χ1n) is 10.6. The summed E-state index contributed by atoms with van der Waals surface area (Å²) < 4.78 is 43.5. The van der Waals surface area contributed by atoms with Crippen molar-refractivity contribution in [3.05, 3.63) is 76.3 Å². The average Bonchev–Trinajstić information content (AvgIpc) is 3.27. The van der Waals surface area contributed by atoms with Crippen LogP contribution in [0.2, 0.25) is 0 Å². The third-order valence-electron chi connectivity index (χ3n) is 5.38. The summed E-state index contributed by atoms with van der Waals surface area (Å²) in [6.07, 6.45) is -4.25. The van der Waals surface area contributed by atoms with E-state index < -0.39 is 11.7 Å². The predicted molar refractivity (Wildman–Crippen MR) is 121 cm³/mol. The second-order valence-electron chi connectivity index (χ2n) is 7.88. The monoisotopic (exact) mass is 475 g/mol. The maximum atomic E-state index is 12.7. The van der Waals surface area contributed by atoms with Crippen molar-refractivity contribution in [1.82, 2.24) is 15.2 Å². The first-order valence-corrected chi connectivity index (χ1v) is 11.5. The summed E-state index contributed by atoms with van der Waals surface area (Å²) in [4.78, 5) is 19.1. The molecule has 1 amide bonds. The van der Waals surface area contributed by atoms with Crippen LogP contribution < -0.4 is 5.32 Å². The molecule has 3 aromatic rings. The van der Waals surface area contributed by atoms with Gasteiger partial charge in [0.05, 0.1) is 30.9 Å². The Labute approximate surface area is 194 Å². The van der Waals surface area contributed by atoms with Gasteiger partial charge in [-0.25, -0.2) is 4.98 Å². The topological polar surface area (TPSA) is 54.5 Å². The molecule has 1 saturated heterocycles. The van der Waals surface area contributed by atoms with Gasteiger partial charge >= 0.3 is 6.18 Å². The normalized spacial score (nSPS) is 14.9. The Hall–Kier alpha value is -2.75. The number of hydrogen-bond acceptors (Lipinski definition) is 5. The fourth-order valence-corrected chi connectivity index (χ4v) is 4.36. The first-order chi connectivity index (χ1) is 15.9. The molecule has 0 atom stereocenters. The van der Waals surface area contributed by atoms with E-state index in [4.69, 9.17) is 4.74 Å². The highest BCUT2D eigenvalue weighted by molar-refractivity contribution is 7.13. The Balaban J connectivity index is 1.26. The number of ether oxygens (including phenoxy) is 1. The molecule has 1 fully saturated rings. The minimum atomic E-state index is -4.37. The number of alkyl halides is 3. The lowest BCUT2D eigenvalue weighted by Crippen LogP contribution is -2.35. The van der Waals surface area contributed by atoms with Gasteiger partial charge in [0.25, 0.3) is 0 Å². The molecule has 2 aromatic carbocycles. The number of hydrogen-bond donors (Lipinski definition) is 1. The minimum Gasteiger partial charge on any atom is -0.379 e. The molecule has 33 heavy (non-hydrogen) atoms. The van der Waals surface area contributed by atoms with E-state index in [0.29, 0.717) is 22.8 Å². The van der Waals surface area contributed by atoms with E-state index >= 15 is 0 Å². The van der Waals surface area contributed by atoms with Gasteiger partial charge in [-0.15, -0.1) is 11.3 Å². The molecule has 1 aromatic heterocycles. The summed E-state index contributed by atoms with van der Waals surface area (Å²) in [7, 11) is 0. The molecule has 0 spiro atoms. The summed E-state index contributed by atoms with van der Waals surface area (Å²) in [6, 6.07) is 13.1. The summed E-state index contributed by atoms with van der Waals surface area (Å²) in [6.45, 7) is 4.74. The van der Waals surface area contributed by atoms with Crippen LogP contribution in [0, 0.1) is 0 Å². The van der Waals surface area contributed by atoms with Crippen molar-refractivity contribution in [2.75, 3.05) is 26.3 Å². The Morgan fingerprint density at radius 2 is 1.70 bits per heavy atom. The fraction of sp³-hybridized carbons (Fsp3) is 0.333. The van der Waals surface area contributed by atoms with Crippen LogP contribution in [0.25, 0.3) is 10.6 Å². The van der Waals surface area contributed by atoms with Crippen LogP contribution in [0.3, 0.4) is 0 Å². The number of nitrogens with zero attached hydrogens (tertiary/aromatic N) is 2. The minimum absolute atomic E-state index is 0.117. The van der Waals surface area contributed by atoms with Gasteiger partial charge in [-0.2, -0.15) is 13.2 Å². The summed E-state index contributed by atoms with van der Waals surface area (Å²) >= 11 is 1.30. The lowest BCUT2D eigenvalue weighted by molar-refractivity contribution is -0.137. The van der Waals surface area contributed by atoms with Gasteiger partial charge in [0, 0.05) is 37.1 Å². The Morgan fingerprint density at radius 3 is 2.36 bits per heavy atom. The number of carbonyl (C=O) groups excluding carboxylic acids is 1. The van der Waals surface area contributed by atoms with Gasteiger partial charge in [-0.1, -0.05) is 36.4 Å². The van der Waals surface area contributed by atoms with Crippen molar-refractivity contribution >= 4 is 17.2 Å². The molecule has 174 valence electrons. The number of aromatic nitrogens is 1. The third kappa shape index (κ3) is 6.63. The molecule has 5 nitrogen and oxygen atoms in total. The molecule has 0 saturated carbocycles. The summed E-state index contributed by atoms with van der Waals surface area (Å²) in [5, 5.41) is 5.24. The number of benzene rings is 2. The summed E-state index contributed by atoms with van der Waals surface area (Å²) in [5.74, 6) is -0.156. The van der Waals surface area contributed by atoms with E-state index in [1.54, 1.807) is 5.38 Å². The first kappa shape index (κ1) is 23.4. The van der Waals surface area contributed by atoms with E-state index in [-0.39, 0.29) is 12.3 Å². The van der Waals surface area contributed by atoms with Crippen LogP contribution in [-0.2, 0) is 35.2 Å². The number of thiazole rings is 1. The standard InChI is InChI=1S/C24H24F3N3O2S/c25-24(26,27)20-7-5-19(6-8-20)23-29-21(16-33-23)13-22(31)28-14-17-1-3-18(4-2-17)15-30-9-11-32-12-10-30/h1-8,16H,9-15H2,(H,28,31). The quantitative estimate of drug-likeness (QED) is 0.546. The molecule has 0 bridgehead atoms. The predicted octanol–water partition coefficient (Wildman–Crippen LogP) is 4.52. The number of rotatable bonds is 7. The molecule has 9 heteroatoms. The van der Waals surface area contributed by atoms with Crippen LogP contribution in [0.1, 0.15) is 22.4 Å². The average molecular weight is 476 g/mol. The van der Waals surface area contributed by atoms with Crippen LogP contribution in [0.15, 0.2) is 53.9 Å². The van der Waals surface area contributed by atoms with Crippen LogP contribution in [-0.4, -0.2) is 42.1 Å². The molecule has 0 unspecified atom stereocenters. The van der Waals surface area contributed by atoms with Gasteiger partial charge in [-0.3, -0.25) is 9.69 Å². The zero-order chi connectivity index (χ0) is 23.3. The molecule has 1 aliphatic rings. The van der Waals surface area contributed by atoms with E-state index in [1.807, 2.05) is 12.1 Å². The number of morpholine rings is 1. The number of amides is 1. The second kappa shape index (κ2) is 10.5. The maximum absolute atomic E-state index is 12.7. The zero-order valence-electron chi connectivity index (χ0n) is 17.9. The second-order valence-corrected chi connectivity index (χ2v) is 8.74. The van der Waals surface area contributed by atoms with Gasteiger partial charge in [0.2, 0.25) is 5.91 Å². The molecule has 0 aliphatic carbocycles. The zero-order valence-corrected chi connectivity index (χ0v) is 18.7. The van der Waals surface area contributed by atoms with E-state index in [9.17, 15) is 18.0 Å². The summed E-state index contributed by atoms with van der Waals surface area (Å²) in [5.41, 5.74) is 2.73. The van der Waals surface area contributed by atoms with Gasteiger partial charge in [0.1, 0.15) is 5.01 Å². The van der Waals surface area contributed by atoms with Crippen molar-refractivity contribution in [3.8, 4) is 10.6 Å². The van der Waals surface area contributed by atoms with E-state index in [1.165, 1.54) is 29.0 Å². The largest absolute Gasteiger partial charge is 0.416 e. The fourth-order valence-electron chi connectivity index (χ4n) is 3.53. The number of nitrogens with one attached hydrogen (secondary N) is 1. The highest BCUT2D eigenvalue weighted by atomic mass is 32.1. The molecule has 1 aliphatic heterocycles. The smallest absolute Gasteiger partial charge is 0.379 e. The van der Waals surface area contributed by atoms with Crippen molar-refractivity contribution < 1.29 is 22.7 Å². The number of carbonyl (C=O) groups is 1. The third-order valence-corrected chi connectivity index (χ3v) is 6.32. The van der Waals surface area contributed by atoms with Crippen molar-refractivity contribution in [3.63, 3.8) is 0 Å². The van der Waals surface area contributed by atoms with Crippen molar-refractivity contribution in [1.29, 1.82) is 0 Å². The van der Waals surface area contributed by atoms with Gasteiger partial charge < -0.3 is 10.1 Å². The lowest BCUT2D eigenvalue weighted by Gasteiger charge is -2.26. The number of halogens is 3. The van der Waals surface area contributed by atoms with E-state index in [0.717, 1.165) is 50.5 Å². The Morgan fingerprint density at radius 1 is 1.03 bits per heavy atom. The highest BCUT2D eigenvalue weighted by Crippen LogP contribution is 2.31. The SMILES string of the molecule is O=C(Cc1csc(-c2ccc(C(F)(F)F)cc2)n1)NCc1ccc(CN2CCOCC2)cc1. The highest BCUT2D eigenvalue weighted by Gasteiger charge is 2.30. The van der Waals surface area contributed by atoms with Gasteiger partial charge in [0.15, 0.2) is 0 Å². The van der Waals surface area contributed by atoms with Crippen LogP contribution >= 0.6 is 11.3 Å². The molecule has 4 rings (SSSR count). The lowest BCUT2D eigenvalue weighted by atomic mass is 10.1. The van der Waals surface area contributed by atoms with Crippen LogP contribution in [0.4, 0.5) is 13.2 Å².